The van der Waals surface area contributed by atoms with Gasteiger partial charge in [-0.15, -0.1) is 0 Å². The Balaban J connectivity index is 0.000000252. The van der Waals surface area contributed by atoms with Crippen LogP contribution in [-0.2, 0) is 28.7 Å². The average molecular weight is 989 g/mol. The second kappa shape index (κ2) is 29.1. The van der Waals surface area contributed by atoms with E-state index in [0.717, 1.165) is 62.9 Å². The zero-order valence-corrected chi connectivity index (χ0v) is 42.5. The minimum Gasteiger partial charge on any atom is -0.469 e. The van der Waals surface area contributed by atoms with E-state index in [2.05, 4.69) is 53.1 Å². The number of aryl methyl sites for hydroxylation is 1. The summed E-state index contributed by atoms with van der Waals surface area (Å²) in [5, 5.41) is 13.7. The predicted octanol–water partition coefficient (Wildman–Crippen LogP) is 9.86. The van der Waals surface area contributed by atoms with Crippen LogP contribution >= 0.6 is 11.6 Å². The van der Waals surface area contributed by atoms with Crippen LogP contribution < -0.4 is 22.2 Å². The Morgan fingerprint density at radius 2 is 1.28 bits per heavy atom. The first-order chi connectivity index (χ1) is 34.2. The van der Waals surface area contributed by atoms with Crippen molar-refractivity contribution >= 4 is 68.8 Å². The molecule has 4 aromatic carbocycles. The van der Waals surface area contributed by atoms with Crippen molar-refractivity contribution in [1.82, 2.24) is 20.2 Å². The molecule has 0 spiro atoms. The van der Waals surface area contributed by atoms with Crippen molar-refractivity contribution in [2.75, 3.05) is 46.9 Å². The van der Waals surface area contributed by atoms with Crippen LogP contribution in [0.4, 0.5) is 0 Å². The number of carbonyl (C=O) groups is 2. The molecule has 0 aliphatic carbocycles. The number of hydrogen-bond donors (Lipinski definition) is 4. The summed E-state index contributed by atoms with van der Waals surface area (Å²) in [5.41, 5.74) is 12.3. The highest BCUT2D eigenvalue weighted by atomic mass is 35.5. The number of aromatic nitrogens is 2. The molecule has 0 saturated carbocycles. The van der Waals surface area contributed by atoms with Crippen LogP contribution in [0.5, 0.6) is 0 Å². The molecule has 0 atom stereocenters. The van der Waals surface area contributed by atoms with Gasteiger partial charge >= 0.3 is 11.9 Å². The lowest BCUT2D eigenvalue weighted by Gasteiger charge is -2.15. The van der Waals surface area contributed by atoms with Crippen molar-refractivity contribution in [2.45, 2.75) is 66.3 Å². The van der Waals surface area contributed by atoms with Crippen molar-refractivity contribution in [3.05, 3.63) is 153 Å². The van der Waals surface area contributed by atoms with E-state index in [1.807, 2.05) is 113 Å². The van der Waals surface area contributed by atoms with Gasteiger partial charge in [0.2, 0.25) is 0 Å². The Hall–Kier alpha value is -7.17. The van der Waals surface area contributed by atoms with Crippen molar-refractivity contribution < 1.29 is 28.7 Å². The lowest BCUT2D eigenvalue weighted by atomic mass is 9.94. The SMILES string of the molecule is C=C(O/N=C(\C)CNCCN1CCCC1)c1c(-c2ccccc2)c2cc(Cl)ccc2[nH]c1=O.C=C(O/N=C/C)c1c(-c2ccccc2)c2cc(C)ccc2[nH]c1=O.CC.COC(=O)CC(N)CC(=O)OC. The first-order valence-corrected chi connectivity index (χ1v) is 23.8. The maximum absolute atomic E-state index is 13.0. The van der Waals surface area contributed by atoms with Gasteiger partial charge in [0, 0.05) is 69.8 Å². The number of hydrogen-bond acceptors (Lipinski definition) is 13. The lowest BCUT2D eigenvalue weighted by molar-refractivity contribution is -0.143. The van der Waals surface area contributed by atoms with Crippen molar-refractivity contribution in [1.29, 1.82) is 0 Å². The normalized spacial score (nSPS) is 12.3. The van der Waals surface area contributed by atoms with Crippen LogP contribution in [0.25, 0.3) is 55.6 Å². The third-order valence-corrected chi connectivity index (χ3v) is 11.1. The molecule has 0 amide bonds. The number of nitrogens with zero attached hydrogens (tertiary/aromatic N) is 3. The molecule has 1 aliphatic rings. The number of likely N-dealkylation sites (tertiary alicyclic amines) is 1. The summed E-state index contributed by atoms with van der Waals surface area (Å²) < 4.78 is 8.73. The minimum absolute atomic E-state index is 0.0333. The summed E-state index contributed by atoms with van der Waals surface area (Å²) in [6.07, 6.45) is 4.16. The maximum atomic E-state index is 13.0. The first kappa shape index (κ1) is 56.4. The van der Waals surface area contributed by atoms with Gasteiger partial charge in [-0.05, 0) is 88.2 Å². The highest BCUT2D eigenvalue weighted by Gasteiger charge is 2.21. The number of aromatic amines is 2. The molecule has 2 aromatic heterocycles. The van der Waals surface area contributed by atoms with Crippen molar-refractivity contribution in [3.8, 4) is 22.3 Å². The average Bonchev–Trinajstić information content (AvgIpc) is 3.91. The number of pyridine rings is 2. The number of halogens is 1. The van der Waals surface area contributed by atoms with Gasteiger partial charge < -0.3 is 45.1 Å². The smallest absolute Gasteiger partial charge is 0.307 e. The highest BCUT2D eigenvalue weighted by Crippen LogP contribution is 2.35. The third-order valence-electron chi connectivity index (χ3n) is 10.9. The molecule has 376 valence electrons. The van der Waals surface area contributed by atoms with E-state index in [0.29, 0.717) is 28.2 Å². The standard InChI is InChI=1S/C26H29ClN4O2.C20H18N2O2.C7H13NO4.C2H6/c1-18(17-28-12-15-31-13-6-7-14-31)30-33-19(2)24-25(20-8-4-3-5-9-20)22-16-21(27)10-11-23(22)29-26(24)32;1-4-21-24-14(3)18-19(15-8-6-5-7-9-15)16-12-13(2)10-11-17(16)22-20(18)23;1-11-6(9)3-5(8)4-7(10)12-2;1-2/h3-5,8-11,16,28H,2,6-7,12-15,17H2,1H3,(H,29,32);4-12H,3H2,1-2H3,(H,22,23);5H,3-4,8H2,1-2H3;1-2H3/b30-18+;21-4+;;. The minimum atomic E-state index is -0.523. The zero-order chi connectivity index (χ0) is 51.9. The van der Waals surface area contributed by atoms with E-state index in [4.69, 9.17) is 27.0 Å². The second-order valence-electron chi connectivity index (χ2n) is 16.1. The lowest BCUT2D eigenvalue weighted by Crippen LogP contribution is -2.32. The van der Waals surface area contributed by atoms with Gasteiger partial charge in [0.25, 0.3) is 11.1 Å². The number of rotatable bonds is 17. The van der Waals surface area contributed by atoms with Gasteiger partial charge in [-0.25, -0.2) is 0 Å². The second-order valence-corrected chi connectivity index (χ2v) is 16.6. The quantitative estimate of drug-likeness (QED) is 0.0223. The Bertz CT molecular complexity index is 2890. The fraction of sp³-hybridized carbons (Fsp3) is 0.309. The van der Waals surface area contributed by atoms with Crippen LogP contribution in [0.3, 0.4) is 0 Å². The van der Waals surface area contributed by atoms with E-state index >= 15 is 0 Å². The van der Waals surface area contributed by atoms with Crippen LogP contribution in [0, 0.1) is 6.92 Å². The first-order valence-electron chi connectivity index (χ1n) is 23.4. The molecular formula is C55H66ClN7O8. The molecule has 7 rings (SSSR count). The Kier molecular flexibility index (Phi) is 23.1. The molecule has 1 saturated heterocycles. The van der Waals surface area contributed by atoms with E-state index in [1.165, 1.54) is 46.4 Å². The van der Waals surface area contributed by atoms with Crippen LogP contribution in [-0.4, -0.2) is 91.7 Å². The number of carbonyl (C=O) groups excluding carboxylic acids is 2. The summed E-state index contributed by atoms with van der Waals surface area (Å²) in [6.45, 7) is 22.5. The molecule has 1 aliphatic heterocycles. The molecule has 0 unspecified atom stereocenters. The topological polar surface area (TPSA) is 203 Å². The van der Waals surface area contributed by atoms with Crippen molar-refractivity contribution in [3.63, 3.8) is 0 Å². The maximum Gasteiger partial charge on any atom is 0.307 e. The number of esters is 2. The summed E-state index contributed by atoms with van der Waals surface area (Å²) in [5.74, 6) is -0.442. The Morgan fingerprint density at radius 3 is 1.79 bits per heavy atom. The van der Waals surface area contributed by atoms with Gasteiger partial charge in [0.15, 0.2) is 11.5 Å². The molecule has 3 heterocycles. The molecule has 1 fully saturated rings. The number of methoxy groups -OCH3 is 2. The Labute approximate surface area is 420 Å². The van der Waals surface area contributed by atoms with E-state index in [-0.39, 0.29) is 35.5 Å². The molecule has 16 heteroatoms. The molecule has 0 radical (unpaired) electrons. The molecule has 5 N–H and O–H groups in total. The number of ether oxygens (including phenoxy) is 2. The number of benzene rings is 4. The number of fused-ring (bicyclic) bond motifs is 2. The fourth-order valence-electron chi connectivity index (χ4n) is 7.57. The summed E-state index contributed by atoms with van der Waals surface area (Å²) >= 11 is 6.28. The Morgan fingerprint density at radius 1 is 0.789 bits per heavy atom. The fourth-order valence-corrected chi connectivity index (χ4v) is 7.74. The molecular weight excluding hydrogens is 922 g/mol. The summed E-state index contributed by atoms with van der Waals surface area (Å²) in [6, 6.07) is 30.2. The largest absolute Gasteiger partial charge is 0.469 e. The summed E-state index contributed by atoms with van der Waals surface area (Å²) in [7, 11) is 2.54. The van der Waals surface area contributed by atoms with E-state index in [9.17, 15) is 19.2 Å². The monoisotopic (exact) mass is 987 g/mol. The van der Waals surface area contributed by atoms with Gasteiger partial charge in [0.05, 0.1) is 43.9 Å². The number of H-pyrrole nitrogens is 2. The van der Waals surface area contributed by atoms with E-state index < -0.39 is 18.0 Å². The highest BCUT2D eigenvalue weighted by molar-refractivity contribution is 6.31. The van der Waals surface area contributed by atoms with Gasteiger partial charge in [-0.2, -0.15) is 0 Å². The number of oxime groups is 2. The molecule has 71 heavy (non-hydrogen) atoms. The molecule has 15 nitrogen and oxygen atoms in total. The number of nitrogens with two attached hydrogens (primary N) is 1. The van der Waals surface area contributed by atoms with Crippen molar-refractivity contribution in [2.24, 2.45) is 16.0 Å². The molecule has 6 aromatic rings. The van der Waals surface area contributed by atoms with Gasteiger partial charge in [-0.3, -0.25) is 19.2 Å². The number of nitrogens with one attached hydrogen (secondary N) is 3. The third kappa shape index (κ3) is 16.7. The van der Waals surface area contributed by atoms with Gasteiger partial charge in [0.1, 0.15) is 0 Å². The van der Waals surface area contributed by atoms with E-state index in [1.54, 1.807) is 19.1 Å². The zero-order valence-electron chi connectivity index (χ0n) is 41.7. The predicted molar refractivity (Wildman–Crippen MR) is 288 cm³/mol. The molecule has 0 bridgehead atoms. The van der Waals surface area contributed by atoms with Crippen LogP contribution in [0.2, 0.25) is 5.02 Å². The summed E-state index contributed by atoms with van der Waals surface area (Å²) in [4.78, 5) is 66.1. The van der Waals surface area contributed by atoms with Gasteiger partial charge in [-0.1, -0.05) is 121 Å². The van der Waals surface area contributed by atoms with Crippen LogP contribution in [0.15, 0.2) is 130 Å². The van der Waals surface area contributed by atoms with Crippen LogP contribution in [0.1, 0.15) is 70.1 Å².